The van der Waals surface area contributed by atoms with Gasteiger partial charge in [0.1, 0.15) is 18.0 Å². The summed E-state index contributed by atoms with van der Waals surface area (Å²) in [4.78, 5) is 39.8. The third kappa shape index (κ3) is 9.58. The van der Waals surface area contributed by atoms with Crippen LogP contribution >= 0.6 is 11.8 Å². The number of rotatable bonds is 14. The van der Waals surface area contributed by atoms with Gasteiger partial charge in [0.05, 0.1) is 13.2 Å². The van der Waals surface area contributed by atoms with Crippen LogP contribution in [-0.2, 0) is 32.1 Å². The molecule has 2 amide bonds. The normalized spacial score (nSPS) is 16.3. The van der Waals surface area contributed by atoms with E-state index in [9.17, 15) is 37.8 Å². The van der Waals surface area contributed by atoms with Crippen LogP contribution in [-0.4, -0.2) is 82.0 Å². The Labute approximate surface area is 252 Å². The molecule has 0 bridgehead atoms. The highest BCUT2D eigenvalue weighted by Crippen LogP contribution is 2.26. The number of nitrogens with zero attached hydrogens (tertiary/aromatic N) is 1. The molecule has 1 saturated heterocycles. The van der Waals surface area contributed by atoms with Crippen molar-refractivity contribution in [2.45, 2.75) is 56.8 Å². The summed E-state index contributed by atoms with van der Waals surface area (Å²) < 4.78 is 45.8. The average molecular weight is 627 g/mol. The Morgan fingerprint density at radius 1 is 1.07 bits per heavy atom. The number of thioether (sulfide) groups is 1. The molecule has 1 fully saturated rings. The number of anilines is 1. The fourth-order valence-electron chi connectivity index (χ4n) is 4.40. The van der Waals surface area contributed by atoms with Crippen molar-refractivity contribution in [3.8, 4) is 0 Å². The quantitative estimate of drug-likeness (QED) is 0.156. The first-order chi connectivity index (χ1) is 20.4. The Morgan fingerprint density at radius 2 is 1.72 bits per heavy atom. The zero-order chi connectivity index (χ0) is 31.7. The molecule has 0 radical (unpaired) electrons. The van der Waals surface area contributed by atoms with E-state index in [0.29, 0.717) is 24.1 Å². The van der Waals surface area contributed by atoms with E-state index in [1.165, 1.54) is 16.7 Å². The van der Waals surface area contributed by atoms with E-state index in [1.54, 1.807) is 24.3 Å². The molecule has 236 valence electrons. The summed E-state index contributed by atoms with van der Waals surface area (Å²) in [5, 5.41) is 23.5. The lowest BCUT2D eigenvalue weighted by molar-refractivity contribution is -0.155. The number of hydrogen-bond donors (Lipinski definition) is 5. The highest BCUT2D eigenvalue weighted by atomic mass is 32.2. The molecule has 6 N–H and O–H groups in total. The second-order valence-corrected chi connectivity index (χ2v) is 11.7. The van der Waals surface area contributed by atoms with Crippen molar-refractivity contribution >= 4 is 35.2 Å². The third-order valence-corrected chi connectivity index (χ3v) is 8.00. The first-order valence-electron chi connectivity index (χ1n) is 13.8. The number of halogens is 3. The highest BCUT2D eigenvalue weighted by Gasteiger charge is 2.35. The third-order valence-electron chi connectivity index (χ3n) is 6.80. The lowest BCUT2D eigenvalue weighted by Gasteiger charge is -2.25. The van der Waals surface area contributed by atoms with Crippen LogP contribution in [0.2, 0.25) is 0 Å². The van der Waals surface area contributed by atoms with Crippen molar-refractivity contribution in [1.29, 1.82) is 0 Å². The van der Waals surface area contributed by atoms with Crippen LogP contribution < -0.4 is 16.4 Å². The van der Waals surface area contributed by atoms with Crippen LogP contribution in [0.3, 0.4) is 0 Å². The van der Waals surface area contributed by atoms with E-state index >= 15 is 0 Å². The van der Waals surface area contributed by atoms with Gasteiger partial charge in [-0.05, 0) is 41.7 Å². The number of hydrogen-bond acceptors (Lipinski definition) is 9. The maximum absolute atomic E-state index is 14.0. The number of nitrogens with one attached hydrogen (secondary N) is 2. The van der Waals surface area contributed by atoms with Crippen LogP contribution in [0.15, 0.2) is 36.4 Å². The van der Waals surface area contributed by atoms with Crippen molar-refractivity contribution < 1.29 is 42.5 Å². The van der Waals surface area contributed by atoms with Gasteiger partial charge in [0.2, 0.25) is 5.91 Å². The smallest absolute Gasteiger partial charge is 0.329 e. The number of benzene rings is 2. The van der Waals surface area contributed by atoms with E-state index in [2.05, 4.69) is 10.6 Å². The second kappa shape index (κ2) is 15.9. The molecule has 0 aliphatic carbocycles. The molecule has 0 spiro atoms. The molecular weight excluding hydrogens is 589 g/mol. The maximum atomic E-state index is 14.0. The zero-order valence-corrected chi connectivity index (χ0v) is 24.7. The molecule has 2 aromatic rings. The SMILES string of the molecule is CC(C)C(Nc1ccc(CNC(=O)C2SCCN2C(=O)CC(N)Cc2cc(F)c(F)cc2F)cc1)C(=O)OC(CO)CO. The van der Waals surface area contributed by atoms with Gasteiger partial charge in [-0.15, -0.1) is 11.8 Å². The van der Waals surface area contributed by atoms with Gasteiger partial charge >= 0.3 is 5.97 Å². The molecule has 1 aliphatic rings. The lowest BCUT2D eigenvalue weighted by atomic mass is 10.0. The molecule has 2 aromatic carbocycles. The van der Waals surface area contributed by atoms with Gasteiger partial charge in [-0.3, -0.25) is 9.59 Å². The number of amides is 2. The number of carbonyl (C=O) groups is 3. The summed E-state index contributed by atoms with van der Waals surface area (Å²) in [6.07, 6.45) is -1.38. The molecule has 3 atom stereocenters. The Balaban J connectivity index is 1.52. The van der Waals surface area contributed by atoms with E-state index in [4.69, 9.17) is 10.5 Å². The predicted octanol–water partition coefficient (Wildman–Crippen LogP) is 1.91. The van der Waals surface area contributed by atoms with E-state index in [-0.39, 0.29) is 36.8 Å². The fourth-order valence-corrected chi connectivity index (χ4v) is 5.56. The van der Waals surface area contributed by atoms with E-state index in [0.717, 1.165) is 11.6 Å². The van der Waals surface area contributed by atoms with Crippen LogP contribution in [0.5, 0.6) is 0 Å². The Kier molecular flexibility index (Phi) is 12.7. The minimum Gasteiger partial charge on any atom is -0.456 e. The number of aliphatic hydroxyl groups excluding tert-OH is 2. The standard InChI is InChI=1S/C29H37F3N4O6S/c1-16(2)26(29(41)42-21(14-37)15-38)35-20-5-3-17(4-6-20)13-34-27(40)28-36(7-8-43-28)25(39)11-19(33)9-18-10-23(31)24(32)12-22(18)30/h3-6,10,12,16,19,21,26,28,35,37-38H,7-9,11,13-15,33H2,1-2H3,(H,34,40). The lowest BCUT2D eigenvalue weighted by Crippen LogP contribution is -2.46. The molecule has 14 heteroatoms. The molecule has 1 heterocycles. The second-order valence-electron chi connectivity index (χ2n) is 10.5. The topological polar surface area (TPSA) is 154 Å². The maximum Gasteiger partial charge on any atom is 0.329 e. The average Bonchev–Trinajstić information content (AvgIpc) is 3.47. The van der Waals surface area contributed by atoms with Crippen molar-refractivity contribution in [2.75, 3.05) is 30.8 Å². The number of ether oxygens (including phenoxy) is 1. The van der Waals surface area contributed by atoms with Gasteiger partial charge in [0.25, 0.3) is 5.91 Å². The van der Waals surface area contributed by atoms with Crippen molar-refractivity contribution in [3.05, 3.63) is 65.0 Å². The van der Waals surface area contributed by atoms with Crippen LogP contribution in [0.1, 0.15) is 31.4 Å². The van der Waals surface area contributed by atoms with Crippen LogP contribution in [0, 0.1) is 23.4 Å². The minimum atomic E-state index is -1.31. The summed E-state index contributed by atoms with van der Waals surface area (Å²) in [5.41, 5.74) is 7.26. The summed E-state index contributed by atoms with van der Waals surface area (Å²) in [6.45, 7) is 3.17. The van der Waals surface area contributed by atoms with Crippen LogP contribution in [0.4, 0.5) is 18.9 Å². The van der Waals surface area contributed by atoms with Crippen molar-refractivity contribution in [3.63, 3.8) is 0 Å². The Morgan fingerprint density at radius 3 is 2.35 bits per heavy atom. The highest BCUT2D eigenvalue weighted by molar-refractivity contribution is 8.00. The number of carbonyl (C=O) groups excluding carboxylic acids is 3. The number of nitrogens with two attached hydrogens (primary N) is 1. The molecule has 3 rings (SSSR count). The molecule has 10 nitrogen and oxygen atoms in total. The minimum absolute atomic E-state index is 0.137. The van der Waals surface area contributed by atoms with Gasteiger partial charge in [-0.1, -0.05) is 26.0 Å². The molecule has 43 heavy (non-hydrogen) atoms. The Bertz CT molecular complexity index is 1270. The molecular formula is C29H37F3N4O6S. The molecule has 3 unspecified atom stereocenters. The largest absolute Gasteiger partial charge is 0.456 e. The van der Waals surface area contributed by atoms with E-state index in [1.807, 2.05) is 13.8 Å². The predicted molar refractivity (Wildman–Crippen MR) is 155 cm³/mol. The summed E-state index contributed by atoms with van der Waals surface area (Å²) in [7, 11) is 0. The van der Waals surface area contributed by atoms with Gasteiger partial charge in [-0.2, -0.15) is 0 Å². The first kappa shape index (κ1) is 34.2. The van der Waals surface area contributed by atoms with E-state index < -0.39 is 66.1 Å². The number of esters is 1. The molecule has 0 aromatic heterocycles. The summed E-state index contributed by atoms with van der Waals surface area (Å²) >= 11 is 1.30. The monoisotopic (exact) mass is 626 g/mol. The zero-order valence-electron chi connectivity index (χ0n) is 23.9. The Hall–Kier alpha value is -3.33. The summed E-state index contributed by atoms with van der Waals surface area (Å²) in [5.74, 6) is -4.46. The van der Waals surface area contributed by atoms with Gasteiger partial charge < -0.3 is 36.2 Å². The fraction of sp³-hybridized carbons (Fsp3) is 0.483. The van der Waals surface area contributed by atoms with Crippen molar-refractivity contribution in [2.24, 2.45) is 11.7 Å². The number of aliphatic hydroxyl groups is 2. The van der Waals surface area contributed by atoms with Gasteiger partial charge in [0, 0.05) is 43.1 Å². The van der Waals surface area contributed by atoms with Gasteiger partial charge in [0.15, 0.2) is 17.0 Å². The van der Waals surface area contributed by atoms with Crippen LogP contribution in [0.25, 0.3) is 0 Å². The summed E-state index contributed by atoms with van der Waals surface area (Å²) in [6, 6.07) is 6.56. The first-order valence-corrected chi connectivity index (χ1v) is 14.8. The molecule has 1 aliphatic heterocycles. The van der Waals surface area contributed by atoms with Gasteiger partial charge in [-0.25, -0.2) is 18.0 Å². The molecule has 0 saturated carbocycles. The van der Waals surface area contributed by atoms with Crippen molar-refractivity contribution in [1.82, 2.24) is 10.2 Å².